The number of anilines is 1. The number of halogens is 1. The number of aromatic nitrogens is 2. The van der Waals surface area contributed by atoms with Crippen molar-refractivity contribution in [3.05, 3.63) is 46.9 Å². The van der Waals surface area contributed by atoms with Gasteiger partial charge in [0.2, 0.25) is 0 Å². The average Bonchev–Trinajstić information content (AvgIpc) is 3.16. The third-order valence-corrected chi connectivity index (χ3v) is 4.96. The summed E-state index contributed by atoms with van der Waals surface area (Å²) in [4.78, 5) is 24.5. The van der Waals surface area contributed by atoms with E-state index in [2.05, 4.69) is 15.7 Å². The number of nitrogens with one attached hydrogen (secondary N) is 2. The summed E-state index contributed by atoms with van der Waals surface area (Å²) in [7, 11) is 0. The second kappa shape index (κ2) is 7.11. The molecule has 0 aliphatic carbocycles. The zero-order chi connectivity index (χ0) is 18.9. The Balaban J connectivity index is 1.69. The Morgan fingerprint density at radius 1 is 1.19 bits per heavy atom. The number of amides is 2. The highest BCUT2D eigenvalue weighted by Gasteiger charge is 2.29. The molecule has 1 aromatic heterocycles. The van der Waals surface area contributed by atoms with Crippen molar-refractivity contribution >= 4 is 29.4 Å². The third kappa shape index (κ3) is 3.90. The molecule has 2 N–H and O–H groups in total. The number of benzene rings is 1. The summed E-state index contributed by atoms with van der Waals surface area (Å²) in [6, 6.07) is 5.74. The van der Waals surface area contributed by atoms with Crippen molar-refractivity contribution in [2.24, 2.45) is 0 Å². The minimum Gasteiger partial charge on any atom is -0.344 e. The van der Waals surface area contributed by atoms with Crippen LogP contribution in [0.3, 0.4) is 0 Å². The maximum atomic E-state index is 12.9. The first-order chi connectivity index (χ1) is 12.3. The van der Waals surface area contributed by atoms with E-state index in [0.717, 1.165) is 22.8 Å². The first kappa shape index (κ1) is 18.4. The highest BCUT2D eigenvalue weighted by Crippen LogP contribution is 2.37. The molecule has 1 aliphatic rings. The van der Waals surface area contributed by atoms with Crippen molar-refractivity contribution in [2.45, 2.75) is 44.4 Å². The van der Waals surface area contributed by atoms with Gasteiger partial charge in [-0.1, -0.05) is 12.1 Å². The summed E-state index contributed by atoms with van der Waals surface area (Å²) >= 11 is 1.73. The van der Waals surface area contributed by atoms with Gasteiger partial charge in [0.25, 0.3) is 0 Å². The van der Waals surface area contributed by atoms with E-state index in [0.29, 0.717) is 11.4 Å². The van der Waals surface area contributed by atoms with E-state index in [1.54, 1.807) is 28.6 Å². The summed E-state index contributed by atoms with van der Waals surface area (Å²) in [5.74, 6) is 0.322. The van der Waals surface area contributed by atoms with Crippen LogP contribution < -0.4 is 10.6 Å². The number of hydrogen-bond acceptors (Lipinski definition) is 4. The van der Waals surface area contributed by atoms with Crippen molar-refractivity contribution in [3.8, 4) is 0 Å². The fraction of sp³-hybridized carbons (Fsp3) is 0.389. The van der Waals surface area contributed by atoms with Gasteiger partial charge in [0, 0.05) is 23.6 Å². The van der Waals surface area contributed by atoms with Crippen LogP contribution in [-0.4, -0.2) is 21.6 Å². The molecule has 0 saturated carbocycles. The van der Waals surface area contributed by atoms with Gasteiger partial charge in [0.15, 0.2) is 0 Å². The van der Waals surface area contributed by atoms with Gasteiger partial charge >= 0.3 is 11.8 Å². The summed E-state index contributed by atoms with van der Waals surface area (Å²) in [6.07, 6.45) is 0. The predicted octanol–water partition coefficient (Wildman–Crippen LogP) is 2.78. The number of fused-ring (bicyclic) bond motifs is 1. The number of nitrogens with zero attached hydrogens (tertiary/aromatic N) is 2. The van der Waals surface area contributed by atoms with Crippen LogP contribution in [0.1, 0.15) is 37.6 Å². The van der Waals surface area contributed by atoms with E-state index in [4.69, 9.17) is 0 Å². The summed E-state index contributed by atoms with van der Waals surface area (Å²) in [5.41, 5.74) is 2.32. The van der Waals surface area contributed by atoms with Crippen molar-refractivity contribution in [1.82, 2.24) is 15.1 Å². The minimum atomic E-state index is -0.740. The molecular weight excluding hydrogens is 355 g/mol. The van der Waals surface area contributed by atoms with E-state index < -0.39 is 11.8 Å². The molecule has 1 aromatic carbocycles. The zero-order valence-corrected chi connectivity index (χ0v) is 15.7. The van der Waals surface area contributed by atoms with Crippen molar-refractivity contribution in [3.63, 3.8) is 0 Å². The quantitative estimate of drug-likeness (QED) is 0.808. The van der Waals surface area contributed by atoms with Crippen LogP contribution >= 0.6 is 11.8 Å². The normalized spacial score (nSPS) is 13.4. The van der Waals surface area contributed by atoms with E-state index in [1.165, 1.54) is 12.1 Å². The first-order valence-corrected chi connectivity index (χ1v) is 9.44. The Hall–Kier alpha value is -2.35. The molecule has 0 spiro atoms. The van der Waals surface area contributed by atoms with Crippen LogP contribution in [0.15, 0.2) is 24.3 Å². The highest BCUT2D eigenvalue weighted by molar-refractivity contribution is 7.98. The SMILES string of the molecule is CC(C)(C)n1nc2c(c1NC(=O)C(=O)NCc1ccc(F)cc1)CSC2. The zero-order valence-electron chi connectivity index (χ0n) is 14.9. The number of thioether (sulfide) groups is 1. The third-order valence-electron chi connectivity index (χ3n) is 3.99. The Bertz CT molecular complexity index is 840. The second-order valence-corrected chi connectivity index (χ2v) is 8.10. The average molecular weight is 376 g/mol. The maximum Gasteiger partial charge on any atom is 0.314 e. The van der Waals surface area contributed by atoms with Crippen LogP contribution in [0, 0.1) is 5.82 Å². The number of hydrogen-bond donors (Lipinski definition) is 2. The molecule has 0 atom stereocenters. The lowest BCUT2D eigenvalue weighted by molar-refractivity contribution is -0.136. The molecule has 2 amide bonds. The van der Waals surface area contributed by atoms with Crippen molar-refractivity contribution in [2.75, 3.05) is 5.32 Å². The Morgan fingerprint density at radius 2 is 1.88 bits per heavy atom. The molecule has 2 heterocycles. The molecule has 26 heavy (non-hydrogen) atoms. The molecule has 0 radical (unpaired) electrons. The topological polar surface area (TPSA) is 76.0 Å². The van der Waals surface area contributed by atoms with Gasteiger partial charge in [0.1, 0.15) is 11.6 Å². The summed E-state index contributed by atoms with van der Waals surface area (Å²) in [5, 5.41) is 9.86. The molecule has 0 saturated heterocycles. The van der Waals surface area contributed by atoms with E-state index in [-0.39, 0.29) is 17.9 Å². The molecule has 8 heteroatoms. The van der Waals surface area contributed by atoms with Gasteiger partial charge in [-0.3, -0.25) is 9.59 Å². The van der Waals surface area contributed by atoms with Gasteiger partial charge in [-0.2, -0.15) is 16.9 Å². The molecule has 0 unspecified atom stereocenters. The van der Waals surface area contributed by atoms with E-state index in [9.17, 15) is 14.0 Å². The molecule has 138 valence electrons. The van der Waals surface area contributed by atoms with Crippen LogP contribution in [0.4, 0.5) is 10.2 Å². The lowest BCUT2D eigenvalue weighted by atomic mass is 10.1. The van der Waals surface area contributed by atoms with Gasteiger partial charge in [0.05, 0.1) is 11.2 Å². The molecule has 0 bridgehead atoms. The maximum absolute atomic E-state index is 12.9. The Labute approximate surface area is 155 Å². The van der Waals surface area contributed by atoms with Crippen LogP contribution in [-0.2, 0) is 33.2 Å². The van der Waals surface area contributed by atoms with Gasteiger partial charge < -0.3 is 10.6 Å². The molecule has 1 aliphatic heterocycles. The van der Waals surface area contributed by atoms with Crippen LogP contribution in [0.25, 0.3) is 0 Å². The van der Waals surface area contributed by atoms with Crippen LogP contribution in [0.2, 0.25) is 0 Å². The Morgan fingerprint density at radius 3 is 2.54 bits per heavy atom. The largest absolute Gasteiger partial charge is 0.344 e. The minimum absolute atomic E-state index is 0.152. The summed E-state index contributed by atoms with van der Waals surface area (Å²) in [6.45, 7) is 6.13. The number of carbonyl (C=O) groups is 2. The predicted molar refractivity (Wildman–Crippen MR) is 99.1 cm³/mol. The number of carbonyl (C=O) groups excluding carboxylic acids is 2. The highest BCUT2D eigenvalue weighted by atomic mass is 32.2. The van der Waals surface area contributed by atoms with Crippen molar-refractivity contribution < 1.29 is 14.0 Å². The Kier molecular flexibility index (Phi) is 5.04. The number of rotatable bonds is 3. The van der Waals surface area contributed by atoms with Crippen LogP contribution in [0.5, 0.6) is 0 Å². The second-order valence-electron chi connectivity index (χ2n) is 7.11. The van der Waals surface area contributed by atoms with Crippen molar-refractivity contribution in [1.29, 1.82) is 0 Å². The lowest BCUT2D eigenvalue weighted by Crippen LogP contribution is -2.36. The van der Waals surface area contributed by atoms with E-state index in [1.807, 2.05) is 20.8 Å². The molecule has 2 aromatic rings. The fourth-order valence-electron chi connectivity index (χ4n) is 2.66. The molecule has 3 rings (SSSR count). The fourth-order valence-corrected chi connectivity index (χ4v) is 3.69. The first-order valence-electron chi connectivity index (χ1n) is 8.28. The molecule has 6 nitrogen and oxygen atoms in total. The van der Waals surface area contributed by atoms with Gasteiger partial charge in [-0.15, -0.1) is 0 Å². The van der Waals surface area contributed by atoms with E-state index >= 15 is 0 Å². The lowest BCUT2D eigenvalue weighted by Gasteiger charge is -2.23. The smallest absolute Gasteiger partial charge is 0.314 e. The monoisotopic (exact) mass is 376 g/mol. The van der Waals surface area contributed by atoms with Gasteiger partial charge in [-0.25, -0.2) is 9.07 Å². The molecular formula is C18H21FN4O2S. The molecule has 0 fully saturated rings. The standard InChI is InChI=1S/C18H21FN4O2S/c1-18(2,3)23-15(13-9-26-10-14(13)22-23)21-17(25)16(24)20-8-11-4-6-12(19)7-5-11/h4-7H,8-10H2,1-3H3,(H,20,24)(H,21,25). The summed E-state index contributed by atoms with van der Waals surface area (Å²) < 4.78 is 14.7. The van der Waals surface area contributed by atoms with Gasteiger partial charge in [-0.05, 0) is 38.5 Å².